The highest BCUT2D eigenvalue weighted by atomic mass is 16.1. The highest BCUT2D eigenvalue weighted by Gasteiger charge is 2.09. The van der Waals surface area contributed by atoms with E-state index < -0.39 is 5.91 Å². The van der Waals surface area contributed by atoms with Crippen LogP contribution in [0.2, 0.25) is 0 Å². The Balaban J connectivity index is 2.17. The molecule has 1 aromatic carbocycles. The molecular weight excluding hydrogens is 230 g/mol. The van der Waals surface area contributed by atoms with Gasteiger partial charge < -0.3 is 16.8 Å². The van der Waals surface area contributed by atoms with Gasteiger partial charge in [-0.3, -0.25) is 9.48 Å². The van der Waals surface area contributed by atoms with Crippen molar-refractivity contribution in [1.29, 1.82) is 0 Å². The van der Waals surface area contributed by atoms with E-state index in [1.165, 1.54) is 0 Å². The Labute approximate surface area is 105 Å². The topological polar surface area (TPSA) is 99.0 Å². The molecule has 1 aromatic heterocycles. The quantitative estimate of drug-likeness (QED) is 0.691. The maximum atomic E-state index is 11.2. The van der Waals surface area contributed by atoms with Crippen LogP contribution in [0, 0.1) is 0 Å². The fourth-order valence-electron chi connectivity index (χ4n) is 1.69. The standard InChI is InChI=1S/C12H15N5O/c1-17-8(5-6-16-17)7-15-10-4-2-3-9(11(10)13)12(14)18/h2-6,15H,7,13H2,1H3,(H2,14,18). The molecule has 18 heavy (non-hydrogen) atoms. The highest BCUT2D eigenvalue weighted by Crippen LogP contribution is 2.22. The van der Waals surface area contributed by atoms with Crippen LogP contribution in [0.1, 0.15) is 16.1 Å². The number of carbonyl (C=O) groups excluding carboxylic acids is 1. The summed E-state index contributed by atoms with van der Waals surface area (Å²) in [7, 11) is 1.86. The number of amides is 1. The first-order valence-corrected chi connectivity index (χ1v) is 5.48. The van der Waals surface area contributed by atoms with Crippen LogP contribution >= 0.6 is 0 Å². The van der Waals surface area contributed by atoms with Gasteiger partial charge in [0.1, 0.15) is 0 Å². The molecule has 0 fully saturated rings. The third kappa shape index (κ3) is 2.27. The molecule has 6 heteroatoms. The minimum absolute atomic E-state index is 0.324. The second-order valence-electron chi connectivity index (χ2n) is 3.93. The Bertz CT molecular complexity index is 576. The molecule has 94 valence electrons. The summed E-state index contributed by atoms with van der Waals surface area (Å²) in [5, 5.41) is 7.23. The normalized spacial score (nSPS) is 10.3. The fourth-order valence-corrected chi connectivity index (χ4v) is 1.69. The van der Waals surface area contributed by atoms with Gasteiger partial charge in [0.2, 0.25) is 0 Å². The molecule has 1 amide bonds. The average Bonchev–Trinajstić information content (AvgIpc) is 2.73. The van der Waals surface area contributed by atoms with E-state index in [1.54, 1.807) is 29.1 Å². The predicted octanol–water partition coefficient (Wildman–Crippen LogP) is 0.713. The van der Waals surface area contributed by atoms with Crippen molar-refractivity contribution in [2.75, 3.05) is 11.1 Å². The van der Waals surface area contributed by atoms with Gasteiger partial charge in [0.25, 0.3) is 5.91 Å². The monoisotopic (exact) mass is 245 g/mol. The zero-order valence-corrected chi connectivity index (χ0v) is 10.1. The van der Waals surface area contributed by atoms with Crippen LogP contribution in [0.4, 0.5) is 11.4 Å². The van der Waals surface area contributed by atoms with Crippen molar-refractivity contribution < 1.29 is 4.79 Å². The van der Waals surface area contributed by atoms with Gasteiger partial charge in [-0.25, -0.2) is 0 Å². The van der Waals surface area contributed by atoms with Crippen LogP contribution < -0.4 is 16.8 Å². The van der Waals surface area contributed by atoms with E-state index in [4.69, 9.17) is 11.5 Å². The van der Waals surface area contributed by atoms with E-state index in [0.29, 0.717) is 23.5 Å². The van der Waals surface area contributed by atoms with Gasteiger partial charge in [-0.15, -0.1) is 0 Å². The first-order chi connectivity index (χ1) is 8.59. The number of nitrogens with one attached hydrogen (secondary N) is 1. The molecule has 0 unspecified atom stereocenters. The second kappa shape index (κ2) is 4.79. The van der Waals surface area contributed by atoms with Crippen molar-refractivity contribution in [2.24, 2.45) is 12.8 Å². The van der Waals surface area contributed by atoms with E-state index in [0.717, 1.165) is 5.69 Å². The van der Waals surface area contributed by atoms with E-state index in [2.05, 4.69) is 10.4 Å². The number of nitrogens with two attached hydrogens (primary N) is 2. The summed E-state index contributed by atoms with van der Waals surface area (Å²) in [5.41, 5.74) is 13.5. The number of hydrogen-bond donors (Lipinski definition) is 3. The maximum absolute atomic E-state index is 11.2. The van der Waals surface area contributed by atoms with Crippen molar-refractivity contribution in [1.82, 2.24) is 9.78 Å². The van der Waals surface area contributed by atoms with Crippen LogP contribution in [-0.2, 0) is 13.6 Å². The average molecular weight is 245 g/mol. The molecule has 0 spiro atoms. The maximum Gasteiger partial charge on any atom is 0.250 e. The largest absolute Gasteiger partial charge is 0.396 e. The van der Waals surface area contributed by atoms with Gasteiger partial charge >= 0.3 is 0 Å². The lowest BCUT2D eigenvalue weighted by atomic mass is 10.1. The first kappa shape index (κ1) is 12.0. The number of nitrogen functional groups attached to an aromatic ring is 1. The van der Waals surface area contributed by atoms with E-state index in [9.17, 15) is 4.79 Å². The third-order valence-corrected chi connectivity index (χ3v) is 2.75. The van der Waals surface area contributed by atoms with Gasteiger partial charge in [0.05, 0.1) is 29.2 Å². The molecule has 1 heterocycles. The Hall–Kier alpha value is -2.50. The molecule has 0 bridgehead atoms. The summed E-state index contributed by atoms with van der Waals surface area (Å²) in [4.78, 5) is 11.2. The lowest BCUT2D eigenvalue weighted by molar-refractivity contribution is 0.100. The summed E-state index contributed by atoms with van der Waals surface area (Å²) in [6.07, 6.45) is 1.72. The van der Waals surface area contributed by atoms with E-state index in [-0.39, 0.29) is 0 Å². The molecule has 5 N–H and O–H groups in total. The molecular formula is C12H15N5O. The number of anilines is 2. The van der Waals surface area contributed by atoms with Crippen molar-refractivity contribution >= 4 is 17.3 Å². The fraction of sp³-hybridized carbons (Fsp3) is 0.167. The van der Waals surface area contributed by atoms with E-state index >= 15 is 0 Å². The molecule has 0 saturated heterocycles. The number of aromatic nitrogens is 2. The molecule has 0 radical (unpaired) electrons. The van der Waals surface area contributed by atoms with Crippen LogP contribution in [0.25, 0.3) is 0 Å². The number of benzene rings is 1. The summed E-state index contributed by atoms with van der Waals surface area (Å²) in [6, 6.07) is 7.05. The molecule has 0 aliphatic rings. The zero-order valence-electron chi connectivity index (χ0n) is 10.1. The third-order valence-electron chi connectivity index (χ3n) is 2.75. The Morgan fingerprint density at radius 3 is 2.83 bits per heavy atom. The zero-order chi connectivity index (χ0) is 13.1. The van der Waals surface area contributed by atoms with Crippen molar-refractivity contribution in [3.63, 3.8) is 0 Å². The number of hydrogen-bond acceptors (Lipinski definition) is 4. The van der Waals surface area contributed by atoms with Crippen LogP contribution in [0.5, 0.6) is 0 Å². The Morgan fingerprint density at radius 1 is 1.44 bits per heavy atom. The molecule has 2 rings (SSSR count). The van der Waals surface area contributed by atoms with Gasteiger partial charge in [0.15, 0.2) is 0 Å². The summed E-state index contributed by atoms with van der Waals surface area (Å²) in [5.74, 6) is -0.531. The van der Waals surface area contributed by atoms with Gasteiger partial charge in [-0.2, -0.15) is 5.10 Å². The first-order valence-electron chi connectivity index (χ1n) is 5.48. The lowest BCUT2D eigenvalue weighted by Crippen LogP contribution is -2.15. The van der Waals surface area contributed by atoms with E-state index in [1.807, 2.05) is 13.1 Å². The van der Waals surface area contributed by atoms with Gasteiger partial charge in [0, 0.05) is 13.2 Å². The molecule has 2 aromatic rings. The summed E-state index contributed by atoms with van der Waals surface area (Å²) in [6.45, 7) is 0.572. The predicted molar refractivity (Wildman–Crippen MR) is 69.9 cm³/mol. The minimum atomic E-state index is -0.531. The smallest absolute Gasteiger partial charge is 0.250 e. The number of aryl methyl sites for hydroxylation is 1. The molecule has 0 aliphatic heterocycles. The number of carbonyl (C=O) groups is 1. The molecule has 0 aliphatic carbocycles. The molecule has 6 nitrogen and oxygen atoms in total. The lowest BCUT2D eigenvalue weighted by Gasteiger charge is -2.11. The highest BCUT2D eigenvalue weighted by molar-refractivity contribution is 6.00. The number of primary amides is 1. The van der Waals surface area contributed by atoms with Gasteiger partial charge in [-0.05, 0) is 18.2 Å². The summed E-state index contributed by atoms with van der Waals surface area (Å²) < 4.78 is 1.77. The van der Waals surface area contributed by atoms with Gasteiger partial charge in [-0.1, -0.05) is 6.07 Å². The molecule has 0 atom stereocenters. The minimum Gasteiger partial charge on any atom is -0.396 e. The van der Waals surface area contributed by atoms with Crippen molar-refractivity contribution in [2.45, 2.75) is 6.54 Å². The second-order valence-corrected chi connectivity index (χ2v) is 3.93. The number of rotatable bonds is 4. The van der Waals surface area contributed by atoms with Crippen molar-refractivity contribution in [3.8, 4) is 0 Å². The van der Waals surface area contributed by atoms with Crippen LogP contribution in [0.15, 0.2) is 30.5 Å². The summed E-state index contributed by atoms with van der Waals surface area (Å²) >= 11 is 0. The number of nitrogens with zero attached hydrogens (tertiary/aromatic N) is 2. The number of para-hydroxylation sites is 1. The van der Waals surface area contributed by atoms with Crippen LogP contribution in [0.3, 0.4) is 0 Å². The Morgan fingerprint density at radius 2 is 2.22 bits per heavy atom. The molecule has 0 saturated carbocycles. The van der Waals surface area contributed by atoms with Crippen LogP contribution in [-0.4, -0.2) is 15.7 Å². The SMILES string of the molecule is Cn1nccc1CNc1cccc(C(N)=O)c1N. The van der Waals surface area contributed by atoms with Crippen molar-refractivity contribution in [3.05, 3.63) is 41.7 Å². The Kier molecular flexibility index (Phi) is 3.18.